The molecule has 0 spiro atoms. The molecule has 0 radical (unpaired) electrons. The molecule has 7 nitrogen and oxygen atoms in total. The summed E-state index contributed by atoms with van der Waals surface area (Å²) >= 11 is 1.79. The van der Waals surface area contributed by atoms with Crippen molar-refractivity contribution in [2.75, 3.05) is 72.9 Å². The zero-order valence-electron chi connectivity index (χ0n) is 16.3. The van der Waals surface area contributed by atoms with Gasteiger partial charge in [-0.05, 0) is 18.4 Å². The number of aliphatic imine (C=N–C) groups is 1. The Labute approximate surface area is 183 Å². The number of nitrogens with zero attached hydrogens (tertiary/aromatic N) is 2. The van der Waals surface area contributed by atoms with Crippen molar-refractivity contribution in [2.24, 2.45) is 4.99 Å². The highest BCUT2D eigenvalue weighted by atomic mass is 127. The van der Waals surface area contributed by atoms with Crippen molar-refractivity contribution in [1.82, 2.24) is 15.5 Å². The third kappa shape index (κ3) is 9.53. The zero-order chi connectivity index (χ0) is 18.5. The van der Waals surface area contributed by atoms with Gasteiger partial charge in [0.15, 0.2) is 5.96 Å². The minimum Gasteiger partial charge on any atom is -0.382 e. The molecule has 1 aliphatic rings. The number of nitrogens with one attached hydrogen (secondary N) is 2. The molecular formula is C18H33IN4O3S. The molecule has 0 saturated carbocycles. The fourth-order valence-electron chi connectivity index (χ4n) is 2.76. The quantitative estimate of drug-likeness (QED) is 0.205. The minimum absolute atomic E-state index is 0. The van der Waals surface area contributed by atoms with Gasteiger partial charge in [0.05, 0.1) is 45.6 Å². The SMILES string of the molecule is CCNC(=NCC(c1cccs1)N1CCOCC1)NCCOCCOC.I. The number of hydrogen-bond donors (Lipinski definition) is 2. The summed E-state index contributed by atoms with van der Waals surface area (Å²) < 4.78 is 16.0. The maximum Gasteiger partial charge on any atom is 0.191 e. The lowest BCUT2D eigenvalue weighted by Crippen LogP contribution is -2.42. The second-order valence-electron chi connectivity index (χ2n) is 5.93. The topological polar surface area (TPSA) is 67.4 Å². The summed E-state index contributed by atoms with van der Waals surface area (Å²) in [5.74, 6) is 0.831. The van der Waals surface area contributed by atoms with Crippen LogP contribution in [0.5, 0.6) is 0 Å². The molecule has 27 heavy (non-hydrogen) atoms. The van der Waals surface area contributed by atoms with Crippen LogP contribution in [0, 0.1) is 0 Å². The van der Waals surface area contributed by atoms with Gasteiger partial charge in [-0.25, -0.2) is 0 Å². The number of rotatable bonds is 11. The number of ether oxygens (including phenoxy) is 3. The molecule has 2 N–H and O–H groups in total. The largest absolute Gasteiger partial charge is 0.382 e. The van der Waals surface area contributed by atoms with E-state index in [0.717, 1.165) is 51.9 Å². The molecule has 0 aliphatic carbocycles. The molecule has 1 aromatic rings. The van der Waals surface area contributed by atoms with Crippen molar-refractivity contribution in [3.05, 3.63) is 22.4 Å². The van der Waals surface area contributed by atoms with Gasteiger partial charge in [-0.3, -0.25) is 9.89 Å². The summed E-state index contributed by atoms with van der Waals surface area (Å²) in [6, 6.07) is 4.61. The van der Waals surface area contributed by atoms with Gasteiger partial charge >= 0.3 is 0 Å². The van der Waals surface area contributed by atoms with Gasteiger partial charge < -0.3 is 24.8 Å². The lowest BCUT2D eigenvalue weighted by molar-refractivity contribution is 0.0186. The summed E-state index contributed by atoms with van der Waals surface area (Å²) in [4.78, 5) is 8.64. The summed E-state index contributed by atoms with van der Waals surface area (Å²) in [6.07, 6.45) is 0. The predicted octanol–water partition coefficient (Wildman–Crippen LogP) is 1.96. The molecule has 0 bridgehead atoms. The van der Waals surface area contributed by atoms with Crippen molar-refractivity contribution in [1.29, 1.82) is 0 Å². The third-order valence-electron chi connectivity index (χ3n) is 4.10. The first-order chi connectivity index (χ1) is 12.8. The molecule has 9 heteroatoms. The maximum absolute atomic E-state index is 5.50. The smallest absolute Gasteiger partial charge is 0.191 e. The molecule has 1 unspecified atom stereocenters. The van der Waals surface area contributed by atoms with E-state index in [1.54, 1.807) is 18.4 Å². The molecular weight excluding hydrogens is 479 g/mol. The zero-order valence-corrected chi connectivity index (χ0v) is 19.5. The first-order valence-electron chi connectivity index (χ1n) is 9.29. The number of thiophene rings is 1. The number of methoxy groups -OCH3 is 1. The Morgan fingerprint density at radius 3 is 2.78 bits per heavy atom. The van der Waals surface area contributed by atoms with Crippen LogP contribution >= 0.6 is 35.3 Å². The summed E-state index contributed by atoms with van der Waals surface area (Å²) in [5.41, 5.74) is 0. The van der Waals surface area contributed by atoms with Crippen molar-refractivity contribution >= 4 is 41.3 Å². The summed E-state index contributed by atoms with van der Waals surface area (Å²) in [7, 11) is 1.68. The first kappa shape index (κ1) is 24.6. The average molecular weight is 512 g/mol. The van der Waals surface area contributed by atoms with Gasteiger partial charge in [0.2, 0.25) is 0 Å². The standard InChI is InChI=1S/C18H32N4O3S.HI/c1-3-19-18(20-6-9-24-13-12-23-2)21-15-16(17-5-4-14-26-17)22-7-10-25-11-8-22;/h4-5,14,16H,3,6-13,15H2,1-2H3,(H2,19,20,21);1H. The maximum atomic E-state index is 5.50. The first-order valence-corrected chi connectivity index (χ1v) is 10.2. The second kappa shape index (κ2) is 15.5. The van der Waals surface area contributed by atoms with Crippen LogP contribution in [0.15, 0.2) is 22.5 Å². The van der Waals surface area contributed by atoms with Gasteiger partial charge in [0, 0.05) is 38.2 Å². The van der Waals surface area contributed by atoms with Crippen molar-refractivity contribution < 1.29 is 14.2 Å². The fourth-order valence-corrected chi connectivity index (χ4v) is 3.61. The van der Waals surface area contributed by atoms with Crippen molar-refractivity contribution in [2.45, 2.75) is 13.0 Å². The molecule has 2 rings (SSSR count). The summed E-state index contributed by atoms with van der Waals surface area (Å²) in [5, 5.41) is 8.77. The normalized spacial score (nSPS) is 16.6. The van der Waals surface area contributed by atoms with E-state index in [0.29, 0.717) is 25.9 Å². The predicted molar refractivity (Wildman–Crippen MR) is 122 cm³/mol. The van der Waals surface area contributed by atoms with Crippen LogP contribution in [0.1, 0.15) is 17.8 Å². The molecule has 156 valence electrons. The van der Waals surface area contributed by atoms with Crippen molar-refractivity contribution in [3.63, 3.8) is 0 Å². The van der Waals surface area contributed by atoms with Crippen LogP contribution < -0.4 is 10.6 Å². The Kier molecular flexibility index (Phi) is 14.1. The number of morpholine rings is 1. The lowest BCUT2D eigenvalue weighted by atomic mass is 10.2. The number of guanidine groups is 1. The molecule has 1 aromatic heterocycles. The van der Waals surface area contributed by atoms with E-state index in [1.807, 2.05) is 0 Å². The van der Waals surface area contributed by atoms with Gasteiger partial charge in [0.1, 0.15) is 0 Å². The molecule has 2 heterocycles. The Morgan fingerprint density at radius 2 is 2.11 bits per heavy atom. The van der Waals surface area contributed by atoms with Crippen LogP contribution in [-0.2, 0) is 14.2 Å². The molecule has 1 saturated heterocycles. The van der Waals surface area contributed by atoms with Crippen LogP contribution in [0.3, 0.4) is 0 Å². The van der Waals surface area contributed by atoms with Gasteiger partial charge in [-0.1, -0.05) is 6.07 Å². The Morgan fingerprint density at radius 1 is 1.30 bits per heavy atom. The van der Waals surface area contributed by atoms with Crippen molar-refractivity contribution in [3.8, 4) is 0 Å². The fraction of sp³-hybridized carbons (Fsp3) is 0.722. The Bertz CT molecular complexity index is 499. The molecule has 0 amide bonds. The number of hydrogen-bond acceptors (Lipinski definition) is 6. The van der Waals surface area contributed by atoms with E-state index in [-0.39, 0.29) is 24.0 Å². The van der Waals surface area contributed by atoms with E-state index in [2.05, 4.69) is 40.0 Å². The van der Waals surface area contributed by atoms with E-state index in [9.17, 15) is 0 Å². The van der Waals surface area contributed by atoms with Gasteiger partial charge in [-0.15, -0.1) is 35.3 Å². The van der Waals surface area contributed by atoms with E-state index >= 15 is 0 Å². The van der Waals surface area contributed by atoms with E-state index in [4.69, 9.17) is 19.2 Å². The molecule has 1 aliphatic heterocycles. The van der Waals surface area contributed by atoms with Crippen LogP contribution in [0.25, 0.3) is 0 Å². The molecule has 0 aromatic carbocycles. The average Bonchev–Trinajstić information content (AvgIpc) is 3.20. The molecule has 1 atom stereocenters. The van der Waals surface area contributed by atoms with Crippen LogP contribution in [0.2, 0.25) is 0 Å². The Hall–Kier alpha value is -0.460. The third-order valence-corrected chi connectivity index (χ3v) is 5.07. The Balaban J connectivity index is 0.00000364. The van der Waals surface area contributed by atoms with Crippen LogP contribution in [0.4, 0.5) is 0 Å². The monoisotopic (exact) mass is 512 g/mol. The summed E-state index contributed by atoms with van der Waals surface area (Å²) in [6.45, 7) is 9.71. The highest BCUT2D eigenvalue weighted by Crippen LogP contribution is 2.26. The lowest BCUT2D eigenvalue weighted by Gasteiger charge is -2.33. The van der Waals surface area contributed by atoms with E-state index in [1.165, 1.54) is 4.88 Å². The minimum atomic E-state index is 0. The highest BCUT2D eigenvalue weighted by molar-refractivity contribution is 14.0. The highest BCUT2D eigenvalue weighted by Gasteiger charge is 2.23. The second-order valence-corrected chi connectivity index (χ2v) is 6.91. The molecule has 1 fully saturated rings. The van der Waals surface area contributed by atoms with Gasteiger partial charge in [0.25, 0.3) is 0 Å². The van der Waals surface area contributed by atoms with Gasteiger partial charge in [-0.2, -0.15) is 0 Å². The van der Waals surface area contributed by atoms with E-state index < -0.39 is 0 Å². The number of halogens is 1. The van der Waals surface area contributed by atoms with Crippen LogP contribution in [-0.4, -0.2) is 83.7 Å².